The van der Waals surface area contributed by atoms with Crippen molar-refractivity contribution in [3.8, 4) is 0 Å². The van der Waals surface area contributed by atoms with Gasteiger partial charge in [-0.3, -0.25) is 0 Å². The Kier molecular flexibility index (Phi) is 5.05. The normalized spacial score (nSPS) is 18.5. The van der Waals surface area contributed by atoms with Gasteiger partial charge in [0.1, 0.15) is 0 Å². The molecule has 17 heavy (non-hydrogen) atoms. The first-order valence-corrected chi connectivity index (χ1v) is 7.54. The number of hydrogen-bond donors (Lipinski definition) is 1. The fourth-order valence-corrected chi connectivity index (χ4v) is 3.37. The summed E-state index contributed by atoms with van der Waals surface area (Å²) in [7, 11) is 0. The van der Waals surface area contributed by atoms with Crippen LogP contribution in [0, 0.1) is 5.92 Å². The van der Waals surface area contributed by atoms with Gasteiger partial charge in [0, 0.05) is 10.5 Å². The minimum absolute atomic E-state index is 0.437. The molecule has 0 amide bonds. The number of benzene rings is 1. The summed E-state index contributed by atoms with van der Waals surface area (Å²) in [6.45, 7) is 3.39. The Morgan fingerprint density at radius 3 is 2.71 bits per heavy atom. The van der Waals surface area contributed by atoms with E-state index in [1.54, 1.807) is 0 Å². The van der Waals surface area contributed by atoms with Crippen LogP contribution in [0.2, 0.25) is 0 Å². The quantitative estimate of drug-likeness (QED) is 0.832. The van der Waals surface area contributed by atoms with Crippen molar-refractivity contribution in [2.24, 2.45) is 5.92 Å². The zero-order valence-corrected chi connectivity index (χ0v) is 12.2. The van der Waals surface area contributed by atoms with Gasteiger partial charge in [-0.05, 0) is 37.4 Å². The monoisotopic (exact) mass is 295 g/mol. The lowest BCUT2D eigenvalue weighted by atomic mass is 10.0. The van der Waals surface area contributed by atoms with Crippen LogP contribution in [0.15, 0.2) is 28.7 Å². The molecule has 2 heteroatoms. The molecule has 2 rings (SSSR count). The molecule has 1 unspecified atom stereocenters. The lowest BCUT2D eigenvalue weighted by molar-refractivity contribution is 0.454. The fourth-order valence-electron chi connectivity index (χ4n) is 2.74. The maximum atomic E-state index is 3.64. The second kappa shape index (κ2) is 6.55. The van der Waals surface area contributed by atoms with Crippen molar-refractivity contribution in [3.63, 3.8) is 0 Å². The van der Waals surface area contributed by atoms with Gasteiger partial charge in [0.15, 0.2) is 0 Å². The van der Waals surface area contributed by atoms with Gasteiger partial charge in [-0.1, -0.05) is 59.8 Å². The molecule has 0 heterocycles. The molecule has 0 radical (unpaired) electrons. The summed E-state index contributed by atoms with van der Waals surface area (Å²) in [5, 5.41) is 3.64. The van der Waals surface area contributed by atoms with Gasteiger partial charge in [-0.15, -0.1) is 0 Å². The van der Waals surface area contributed by atoms with E-state index >= 15 is 0 Å². The Morgan fingerprint density at radius 1 is 1.29 bits per heavy atom. The predicted octanol–water partition coefficient (Wildman–Crippen LogP) is 4.68. The maximum Gasteiger partial charge on any atom is 0.0302 e. The third kappa shape index (κ3) is 3.82. The fraction of sp³-hybridized carbons (Fsp3) is 0.600. The molecule has 94 valence electrons. The van der Waals surface area contributed by atoms with Crippen LogP contribution < -0.4 is 5.32 Å². The molecule has 1 nitrogen and oxygen atoms in total. The summed E-state index contributed by atoms with van der Waals surface area (Å²) in [5.41, 5.74) is 1.36. The van der Waals surface area contributed by atoms with E-state index in [0.717, 1.165) is 12.5 Å². The summed E-state index contributed by atoms with van der Waals surface area (Å²) >= 11 is 3.62. The van der Waals surface area contributed by atoms with Crippen LogP contribution in [0.5, 0.6) is 0 Å². The van der Waals surface area contributed by atoms with Crippen LogP contribution in [0.25, 0.3) is 0 Å². The van der Waals surface area contributed by atoms with Crippen molar-refractivity contribution < 1.29 is 0 Å². The SMILES string of the molecule is CC(NCCC1CCCC1)c1ccccc1Br. The molecule has 0 saturated heterocycles. The minimum atomic E-state index is 0.437. The van der Waals surface area contributed by atoms with E-state index in [2.05, 4.69) is 52.4 Å². The topological polar surface area (TPSA) is 12.0 Å². The molecule has 1 aromatic rings. The second-order valence-corrected chi connectivity index (χ2v) is 5.99. The first kappa shape index (κ1) is 13.1. The van der Waals surface area contributed by atoms with Crippen molar-refractivity contribution in [1.29, 1.82) is 0 Å². The van der Waals surface area contributed by atoms with Crippen LogP contribution in [0.3, 0.4) is 0 Å². The molecule has 0 spiro atoms. The lowest BCUT2D eigenvalue weighted by Crippen LogP contribution is -2.21. The van der Waals surface area contributed by atoms with Crippen molar-refractivity contribution >= 4 is 15.9 Å². The molecule has 1 saturated carbocycles. The lowest BCUT2D eigenvalue weighted by Gasteiger charge is -2.17. The summed E-state index contributed by atoms with van der Waals surface area (Å²) in [6.07, 6.45) is 7.14. The van der Waals surface area contributed by atoms with E-state index in [4.69, 9.17) is 0 Å². The standard InChI is InChI=1S/C15H22BrN/c1-12(14-8-4-5-9-15(14)16)17-11-10-13-6-2-3-7-13/h4-5,8-9,12-13,17H,2-3,6-7,10-11H2,1H3. The molecule has 1 fully saturated rings. The molecule has 1 aromatic carbocycles. The van der Waals surface area contributed by atoms with E-state index in [-0.39, 0.29) is 0 Å². The average molecular weight is 296 g/mol. The molecular weight excluding hydrogens is 274 g/mol. The third-order valence-electron chi connectivity index (χ3n) is 3.85. The van der Waals surface area contributed by atoms with Crippen LogP contribution in [0.1, 0.15) is 50.6 Å². The predicted molar refractivity (Wildman–Crippen MR) is 77.1 cm³/mol. The Hall–Kier alpha value is -0.340. The third-order valence-corrected chi connectivity index (χ3v) is 4.57. The highest BCUT2D eigenvalue weighted by molar-refractivity contribution is 9.10. The largest absolute Gasteiger partial charge is 0.310 e. The van der Waals surface area contributed by atoms with Crippen molar-refractivity contribution in [3.05, 3.63) is 34.3 Å². The van der Waals surface area contributed by atoms with Crippen LogP contribution in [-0.4, -0.2) is 6.54 Å². The Morgan fingerprint density at radius 2 is 2.00 bits per heavy atom. The number of rotatable bonds is 5. The van der Waals surface area contributed by atoms with Gasteiger partial charge in [0.25, 0.3) is 0 Å². The zero-order valence-electron chi connectivity index (χ0n) is 10.6. The van der Waals surface area contributed by atoms with Crippen molar-refractivity contribution in [2.45, 2.75) is 45.1 Å². The number of halogens is 1. The molecule has 0 aromatic heterocycles. The number of nitrogens with one attached hydrogen (secondary N) is 1. The Labute approximate surface area is 113 Å². The van der Waals surface area contributed by atoms with Crippen LogP contribution in [-0.2, 0) is 0 Å². The van der Waals surface area contributed by atoms with E-state index in [0.29, 0.717) is 6.04 Å². The average Bonchev–Trinajstić information content (AvgIpc) is 2.82. The van der Waals surface area contributed by atoms with Gasteiger partial charge in [-0.25, -0.2) is 0 Å². The van der Waals surface area contributed by atoms with E-state index in [1.807, 2.05) is 0 Å². The summed E-state index contributed by atoms with van der Waals surface area (Å²) in [4.78, 5) is 0. The van der Waals surface area contributed by atoms with E-state index < -0.39 is 0 Å². The van der Waals surface area contributed by atoms with E-state index in [1.165, 1.54) is 42.1 Å². The first-order valence-electron chi connectivity index (χ1n) is 6.75. The van der Waals surface area contributed by atoms with Gasteiger partial charge in [0.2, 0.25) is 0 Å². The second-order valence-electron chi connectivity index (χ2n) is 5.14. The molecule has 1 aliphatic rings. The highest BCUT2D eigenvalue weighted by Crippen LogP contribution is 2.27. The minimum Gasteiger partial charge on any atom is -0.310 e. The molecule has 0 aliphatic heterocycles. The first-order chi connectivity index (χ1) is 8.27. The van der Waals surface area contributed by atoms with Gasteiger partial charge in [0.05, 0.1) is 0 Å². The highest BCUT2D eigenvalue weighted by atomic mass is 79.9. The summed E-state index contributed by atoms with van der Waals surface area (Å²) < 4.78 is 1.21. The summed E-state index contributed by atoms with van der Waals surface area (Å²) in [6, 6.07) is 8.92. The smallest absolute Gasteiger partial charge is 0.0302 e. The van der Waals surface area contributed by atoms with Gasteiger partial charge < -0.3 is 5.32 Å². The molecule has 0 bridgehead atoms. The Bertz CT molecular complexity index is 345. The zero-order chi connectivity index (χ0) is 12.1. The number of hydrogen-bond acceptors (Lipinski definition) is 1. The molecule has 1 atom stereocenters. The van der Waals surface area contributed by atoms with Crippen molar-refractivity contribution in [2.75, 3.05) is 6.54 Å². The summed E-state index contributed by atoms with van der Waals surface area (Å²) in [5.74, 6) is 0.980. The van der Waals surface area contributed by atoms with Gasteiger partial charge >= 0.3 is 0 Å². The molecule has 1 N–H and O–H groups in total. The van der Waals surface area contributed by atoms with Crippen LogP contribution >= 0.6 is 15.9 Å². The van der Waals surface area contributed by atoms with Gasteiger partial charge in [-0.2, -0.15) is 0 Å². The molecular formula is C15H22BrN. The maximum absolute atomic E-state index is 3.64. The molecule has 1 aliphatic carbocycles. The van der Waals surface area contributed by atoms with Crippen LogP contribution in [0.4, 0.5) is 0 Å². The Balaban J connectivity index is 1.77. The van der Waals surface area contributed by atoms with E-state index in [9.17, 15) is 0 Å². The van der Waals surface area contributed by atoms with Crippen molar-refractivity contribution in [1.82, 2.24) is 5.32 Å². The highest BCUT2D eigenvalue weighted by Gasteiger charge is 2.15.